The van der Waals surface area contributed by atoms with Crippen molar-refractivity contribution < 1.29 is 14.0 Å². The normalized spacial score (nSPS) is 17.0. The van der Waals surface area contributed by atoms with Crippen molar-refractivity contribution in [3.8, 4) is 11.3 Å². The first-order chi connectivity index (χ1) is 21.1. The molecule has 1 aliphatic heterocycles. The van der Waals surface area contributed by atoms with Gasteiger partial charge in [-0.25, -0.2) is 9.37 Å². The molecular formula is C32H32ClFN6O3S. The molecule has 0 bridgehead atoms. The zero-order valence-electron chi connectivity index (χ0n) is 24.6. The summed E-state index contributed by atoms with van der Waals surface area (Å²) in [5.74, 6) is -1.10. The third-order valence-electron chi connectivity index (χ3n) is 8.18. The quantitative estimate of drug-likeness (QED) is 0.286. The van der Waals surface area contributed by atoms with Gasteiger partial charge in [0.1, 0.15) is 6.04 Å². The Morgan fingerprint density at radius 2 is 1.80 bits per heavy atom. The molecule has 2 aromatic carbocycles. The summed E-state index contributed by atoms with van der Waals surface area (Å²) < 4.78 is 17.2. The third kappa shape index (κ3) is 5.87. The average molecular weight is 635 g/mol. The molecule has 2 N–H and O–H groups in total. The number of aryl methyl sites for hydroxylation is 3. The minimum Gasteiger partial charge on any atom is -0.343 e. The fourth-order valence-electron chi connectivity index (χ4n) is 5.70. The van der Waals surface area contributed by atoms with Crippen molar-refractivity contribution in [3.05, 3.63) is 90.7 Å². The minimum absolute atomic E-state index is 0.0162. The van der Waals surface area contributed by atoms with Crippen LogP contribution in [0.1, 0.15) is 44.6 Å². The lowest BCUT2D eigenvalue weighted by atomic mass is 9.99. The molecule has 3 heterocycles. The minimum atomic E-state index is -0.711. The molecule has 4 aromatic rings. The van der Waals surface area contributed by atoms with Gasteiger partial charge in [-0.05, 0) is 74.2 Å². The molecule has 1 unspecified atom stereocenters. The summed E-state index contributed by atoms with van der Waals surface area (Å²) in [5.41, 5.74) is 2.30. The lowest BCUT2D eigenvalue weighted by molar-refractivity contribution is -0.139. The topological polar surface area (TPSA) is 99.6 Å². The Balaban J connectivity index is 1.26. The van der Waals surface area contributed by atoms with Gasteiger partial charge in [0.2, 0.25) is 5.91 Å². The van der Waals surface area contributed by atoms with Crippen molar-refractivity contribution in [2.24, 2.45) is 7.05 Å². The molecule has 1 saturated heterocycles. The summed E-state index contributed by atoms with van der Waals surface area (Å²) in [4.78, 5) is 48.8. The number of halogens is 2. The van der Waals surface area contributed by atoms with Gasteiger partial charge in [0.15, 0.2) is 11.6 Å². The number of carbonyl (C=O) groups is 2. The standard InChI is InChI=1S/C32H32ClFN6O3S/c1-38-12-13-39(2)31(42)28(38)18-8-10-21(11-9-18)35-29-32(43)40(3)17-24(36-29)22-15-20(33)16-23(27(22)34)37-30(41)26-14-19-6-4-5-7-25(19)44-26/h8-11,14-17,28H,4-7,12-13H2,1-3H3,(H,35,36)(H,37,41). The average Bonchev–Trinajstić information content (AvgIpc) is 3.45. The molecule has 6 rings (SSSR count). The van der Waals surface area contributed by atoms with E-state index >= 15 is 4.39 Å². The van der Waals surface area contributed by atoms with Gasteiger partial charge >= 0.3 is 0 Å². The summed E-state index contributed by atoms with van der Waals surface area (Å²) in [6.07, 6.45) is 5.53. The van der Waals surface area contributed by atoms with Crippen LogP contribution >= 0.6 is 22.9 Å². The second kappa shape index (κ2) is 12.1. The molecule has 1 atom stereocenters. The van der Waals surface area contributed by atoms with Crippen LogP contribution in [0.3, 0.4) is 0 Å². The van der Waals surface area contributed by atoms with Gasteiger partial charge in [0.25, 0.3) is 11.5 Å². The number of likely N-dealkylation sites (N-methyl/N-ethyl adjacent to an activating group) is 2. The van der Waals surface area contributed by atoms with E-state index in [9.17, 15) is 14.4 Å². The summed E-state index contributed by atoms with van der Waals surface area (Å²) >= 11 is 7.82. The van der Waals surface area contributed by atoms with Crippen molar-refractivity contribution in [1.29, 1.82) is 0 Å². The van der Waals surface area contributed by atoms with Crippen LogP contribution in [0, 0.1) is 5.82 Å². The third-order valence-corrected chi connectivity index (χ3v) is 9.64. The molecule has 228 valence electrons. The molecule has 1 fully saturated rings. The lowest BCUT2D eigenvalue weighted by Crippen LogP contribution is -2.48. The SMILES string of the molecule is CN1CCN(C)C(c2ccc(Nc3nc(-c4cc(Cl)cc(NC(=O)c5cc6c(s5)CCCC6)c4F)cn(C)c3=O)cc2)C1=O. The van der Waals surface area contributed by atoms with Crippen molar-refractivity contribution in [3.63, 3.8) is 0 Å². The molecule has 2 amide bonds. The van der Waals surface area contributed by atoms with E-state index in [4.69, 9.17) is 11.6 Å². The summed E-state index contributed by atoms with van der Waals surface area (Å²) in [5, 5.41) is 5.92. The second-order valence-electron chi connectivity index (χ2n) is 11.3. The van der Waals surface area contributed by atoms with Gasteiger partial charge in [0, 0.05) is 54.5 Å². The van der Waals surface area contributed by atoms with E-state index in [2.05, 4.69) is 15.6 Å². The number of anilines is 3. The van der Waals surface area contributed by atoms with Gasteiger partial charge in [0.05, 0.1) is 16.3 Å². The monoisotopic (exact) mass is 634 g/mol. The van der Waals surface area contributed by atoms with Crippen LogP contribution in [0.15, 0.2) is 53.5 Å². The number of piperazine rings is 1. The number of carbonyl (C=O) groups excluding carboxylic acids is 2. The Kier molecular flexibility index (Phi) is 8.28. The number of benzene rings is 2. The number of nitrogens with zero attached hydrogens (tertiary/aromatic N) is 4. The number of fused-ring (bicyclic) bond motifs is 1. The van der Waals surface area contributed by atoms with Crippen LogP contribution in [-0.4, -0.2) is 58.4 Å². The Morgan fingerprint density at radius 3 is 2.55 bits per heavy atom. The molecular weight excluding hydrogens is 603 g/mol. The van der Waals surface area contributed by atoms with E-state index < -0.39 is 17.3 Å². The maximum Gasteiger partial charge on any atom is 0.293 e. The van der Waals surface area contributed by atoms with Gasteiger partial charge < -0.3 is 20.1 Å². The molecule has 2 aliphatic rings. The fraction of sp³-hybridized carbons (Fsp3) is 0.312. The van der Waals surface area contributed by atoms with Crippen LogP contribution in [0.5, 0.6) is 0 Å². The first-order valence-corrected chi connectivity index (χ1v) is 15.6. The predicted octanol–water partition coefficient (Wildman–Crippen LogP) is 5.62. The Hall–Kier alpha value is -4.06. The molecule has 44 heavy (non-hydrogen) atoms. The highest BCUT2D eigenvalue weighted by Crippen LogP contribution is 2.34. The Morgan fingerprint density at radius 1 is 1.05 bits per heavy atom. The van der Waals surface area contributed by atoms with Crippen LogP contribution < -0.4 is 16.2 Å². The van der Waals surface area contributed by atoms with Gasteiger partial charge in [-0.2, -0.15) is 0 Å². The Bertz CT molecular complexity index is 1800. The van der Waals surface area contributed by atoms with E-state index in [-0.39, 0.29) is 39.7 Å². The second-order valence-corrected chi connectivity index (χ2v) is 12.9. The van der Waals surface area contributed by atoms with Gasteiger partial charge in [-0.1, -0.05) is 23.7 Å². The number of hydrogen-bond donors (Lipinski definition) is 2. The predicted molar refractivity (Wildman–Crippen MR) is 172 cm³/mol. The van der Waals surface area contributed by atoms with Crippen molar-refractivity contribution in [2.45, 2.75) is 31.7 Å². The number of nitrogens with one attached hydrogen (secondary N) is 2. The molecule has 0 saturated carbocycles. The molecule has 12 heteroatoms. The van der Waals surface area contributed by atoms with E-state index in [1.165, 1.54) is 44.7 Å². The van der Waals surface area contributed by atoms with Crippen molar-refractivity contribution in [1.82, 2.24) is 19.4 Å². The number of thiophene rings is 1. The highest BCUT2D eigenvalue weighted by molar-refractivity contribution is 7.14. The first-order valence-electron chi connectivity index (χ1n) is 14.4. The highest BCUT2D eigenvalue weighted by atomic mass is 35.5. The number of rotatable bonds is 6. The van der Waals surface area contributed by atoms with Gasteiger partial charge in [-0.3, -0.25) is 19.3 Å². The largest absolute Gasteiger partial charge is 0.343 e. The zero-order chi connectivity index (χ0) is 31.1. The van der Waals surface area contributed by atoms with E-state index in [0.29, 0.717) is 17.1 Å². The van der Waals surface area contributed by atoms with E-state index in [1.807, 2.05) is 30.1 Å². The highest BCUT2D eigenvalue weighted by Gasteiger charge is 2.32. The maximum atomic E-state index is 15.9. The lowest BCUT2D eigenvalue weighted by Gasteiger charge is -2.37. The first kappa shape index (κ1) is 30.0. The maximum absolute atomic E-state index is 15.9. The van der Waals surface area contributed by atoms with Crippen LogP contribution in [0.25, 0.3) is 11.3 Å². The summed E-state index contributed by atoms with van der Waals surface area (Å²) in [6.45, 7) is 1.44. The number of aromatic nitrogens is 2. The zero-order valence-corrected chi connectivity index (χ0v) is 26.2. The van der Waals surface area contributed by atoms with Gasteiger partial charge in [-0.15, -0.1) is 11.3 Å². The summed E-state index contributed by atoms with van der Waals surface area (Å²) in [6, 6.07) is 11.5. The van der Waals surface area contributed by atoms with E-state index in [0.717, 1.165) is 37.8 Å². The summed E-state index contributed by atoms with van der Waals surface area (Å²) in [7, 11) is 5.26. The molecule has 2 aromatic heterocycles. The molecule has 9 nitrogen and oxygen atoms in total. The number of amides is 2. The smallest absolute Gasteiger partial charge is 0.293 e. The molecule has 0 radical (unpaired) electrons. The van der Waals surface area contributed by atoms with Crippen LogP contribution in [-0.2, 0) is 24.7 Å². The van der Waals surface area contributed by atoms with E-state index in [1.54, 1.807) is 31.1 Å². The molecule has 1 aliphatic carbocycles. The van der Waals surface area contributed by atoms with Crippen molar-refractivity contribution in [2.75, 3.05) is 37.8 Å². The molecule has 0 spiro atoms. The fourth-order valence-corrected chi connectivity index (χ4v) is 7.06. The van der Waals surface area contributed by atoms with Crippen molar-refractivity contribution >= 4 is 51.9 Å². The van der Waals surface area contributed by atoms with Crippen LogP contribution in [0.2, 0.25) is 5.02 Å². The van der Waals surface area contributed by atoms with Crippen LogP contribution in [0.4, 0.5) is 21.6 Å². The Labute approximate surface area is 263 Å². The number of hydrogen-bond acceptors (Lipinski definition) is 7.